The van der Waals surface area contributed by atoms with E-state index < -0.39 is 6.04 Å². The van der Waals surface area contributed by atoms with Crippen molar-refractivity contribution in [2.24, 2.45) is 5.73 Å². The van der Waals surface area contributed by atoms with Gasteiger partial charge in [0, 0.05) is 0 Å². The quantitative estimate of drug-likeness (QED) is 0.778. The summed E-state index contributed by atoms with van der Waals surface area (Å²) >= 11 is 6.12. The van der Waals surface area contributed by atoms with Gasteiger partial charge in [0.2, 0.25) is 0 Å². The molecule has 1 aromatic rings. The molecule has 0 saturated heterocycles. The van der Waals surface area contributed by atoms with E-state index in [2.05, 4.69) is 6.58 Å². The van der Waals surface area contributed by atoms with Crippen LogP contribution in [-0.4, -0.2) is 18.3 Å². The Morgan fingerprint density at radius 3 is 2.88 bits per heavy atom. The predicted molar refractivity (Wildman–Crippen MR) is 65.8 cm³/mol. The summed E-state index contributed by atoms with van der Waals surface area (Å²) in [6.07, 6.45) is 0. The summed E-state index contributed by atoms with van der Waals surface area (Å²) in [4.78, 5) is 0. The molecule has 0 aliphatic heterocycles. The summed E-state index contributed by atoms with van der Waals surface area (Å²) in [5.41, 5.74) is 7.31. The minimum atomic E-state index is -0.485. The first-order valence-electron chi connectivity index (χ1n) is 4.98. The van der Waals surface area contributed by atoms with Gasteiger partial charge in [-0.15, -0.1) is 0 Å². The van der Waals surface area contributed by atoms with Crippen molar-refractivity contribution in [3.05, 3.63) is 40.9 Å². The molecule has 0 saturated carbocycles. The average Bonchev–Trinajstić information content (AvgIpc) is 2.26. The van der Waals surface area contributed by atoms with Gasteiger partial charge in [-0.25, -0.2) is 0 Å². The Labute approximate surface area is 100 Å². The van der Waals surface area contributed by atoms with Crippen LogP contribution in [0.25, 0.3) is 0 Å². The third-order valence-corrected chi connectivity index (χ3v) is 2.47. The standard InChI is InChI=1S/C12H16ClNO2/c1-8(2)7-16-11-5-3-4-9(12(11)13)10(14)6-15/h3-5,10,15H,1,6-7,14H2,2H3. The van der Waals surface area contributed by atoms with Crippen LogP contribution in [0.15, 0.2) is 30.4 Å². The molecule has 16 heavy (non-hydrogen) atoms. The zero-order chi connectivity index (χ0) is 12.1. The van der Waals surface area contributed by atoms with Crippen LogP contribution in [0.1, 0.15) is 18.5 Å². The van der Waals surface area contributed by atoms with Crippen molar-refractivity contribution in [2.45, 2.75) is 13.0 Å². The maximum Gasteiger partial charge on any atom is 0.138 e. The largest absolute Gasteiger partial charge is 0.488 e. The van der Waals surface area contributed by atoms with Crippen molar-refractivity contribution in [1.29, 1.82) is 0 Å². The summed E-state index contributed by atoms with van der Waals surface area (Å²) in [5, 5.41) is 9.43. The number of ether oxygens (including phenoxy) is 1. The van der Waals surface area contributed by atoms with Crippen LogP contribution in [0.2, 0.25) is 5.02 Å². The number of halogens is 1. The fourth-order valence-corrected chi connectivity index (χ4v) is 1.55. The van der Waals surface area contributed by atoms with E-state index in [1.54, 1.807) is 18.2 Å². The molecule has 0 bridgehead atoms. The summed E-state index contributed by atoms with van der Waals surface area (Å²) in [6, 6.07) is 4.85. The number of benzene rings is 1. The smallest absolute Gasteiger partial charge is 0.138 e. The van der Waals surface area contributed by atoms with E-state index in [0.29, 0.717) is 22.9 Å². The molecular weight excluding hydrogens is 226 g/mol. The van der Waals surface area contributed by atoms with E-state index in [1.807, 2.05) is 6.92 Å². The van der Waals surface area contributed by atoms with Crippen LogP contribution in [0.3, 0.4) is 0 Å². The second-order valence-corrected chi connectivity index (χ2v) is 4.07. The van der Waals surface area contributed by atoms with Gasteiger partial charge in [0.05, 0.1) is 17.7 Å². The second-order valence-electron chi connectivity index (χ2n) is 3.69. The predicted octanol–water partition coefficient (Wildman–Crippen LogP) is 2.29. The van der Waals surface area contributed by atoms with Gasteiger partial charge in [-0.3, -0.25) is 0 Å². The molecule has 1 atom stereocenters. The number of hydrogen-bond acceptors (Lipinski definition) is 3. The van der Waals surface area contributed by atoms with Gasteiger partial charge in [0.25, 0.3) is 0 Å². The molecule has 0 aliphatic rings. The Hall–Kier alpha value is -1.03. The molecule has 0 amide bonds. The molecule has 0 fully saturated rings. The van der Waals surface area contributed by atoms with Crippen LogP contribution >= 0.6 is 11.6 Å². The molecule has 3 nitrogen and oxygen atoms in total. The highest BCUT2D eigenvalue weighted by Gasteiger charge is 2.12. The number of aliphatic hydroxyl groups is 1. The molecule has 1 unspecified atom stereocenters. The van der Waals surface area contributed by atoms with Crippen molar-refractivity contribution in [1.82, 2.24) is 0 Å². The number of aliphatic hydroxyl groups excluding tert-OH is 1. The van der Waals surface area contributed by atoms with Crippen molar-refractivity contribution >= 4 is 11.6 Å². The van der Waals surface area contributed by atoms with Gasteiger partial charge in [0.15, 0.2) is 0 Å². The Balaban J connectivity index is 2.90. The average molecular weight is 242 g/mol. The Bertz CT molecular complexity index is 379. The lowest BCUT2D eigenvalue weighted by molar-refractivity contribution is 0.267. The molecule has 1 aromatic carbocycles. The number of nitrogens with two attached hydrogens (primary N) is 1. The minimum Gasteiger partial charge on any atom is -0.488 e. The van der Waals surface area contributed by atoms with Crippen LogP contribution in [0.5, 0.6) is 5.75 Å². The molecule has 0 spiro atoms. The fraction of sp³-hybridized carbons (Fsp3) is 0.333. The summed E-state index contributed by atoms with van der Waals surface area (Å²) in [7, 11) is 0. The molecule has 88 valence electrons. The fourth-order valence-electron chi connectivity index (χ4n) is 1.22. The molecule has 1 rings (SSSR count). The second kappa shape index (κ2) is 5.89. The SMILES string of the molecule is C=C(C)COc1cccc(C(N)CO)c1Cl. The van der Waals surface area contributed by atoms with Crippen LogP contribution in [-0.2, 0) is 0 Å². The topological polar surface area (TPSA) is 55.5 Å². The number of rotatable bonds is 5. The minimum absolute atomic E-state index is 0.149. The maximum absolute atomic E-state index is 8.98. The van der Waals surface area contributed by atoms with Gasteiger partial charge >= 0.3 is 0 Å². The Morgan fingerprint density at radius 1 is 1.62 bits per heavy atom. The molecule has 0 radical (unpaired) electrons. The van der Waals surface area contributed by atoms with Crippen LogP contribution < -0.4 is 10.5 Å². The lowest BCUT2D eigenvalue weighted by Gasteiger charge is -2.14. The first-order chi connectivity index (χ1) is 7.56. The molecule has 0 aromatic heterocycles. The number of hydrogen-bond donors (Lipinski definition) is 2. The van der Waals surface area contributed by atoms with Crippen molar-refractivity contribution in [3.63, 3.8) is 0 Å². The van der Waals surface area contributed by atoms with Crippen LogP contribution in [0, 0.1) is 0 Å². The zero-order valence-electron chi connectivity index (χ0n) is 9.24. The lowest BCUT2D eigenvalue weighted by Crippen LogP contribution is -2.15. The third kappa shape index (κ3) is 3.23. The Kier molecular flexibility index (Phi) is 4.80. The highest BCUT2D eigenvalue weighted by Crippen LogP contribution is 2.31. The summed E-state index contributed by atoms with van der Waals surface area (Å²) < 4.78 is 5.46. The van der Waals surface area contributed by atoms with Gasteiger partial charge < -0.3 is 15.6 Å². The first kappa shape index (κ1) is 13.0. The third-order valence-electron chi connectivity index (χ3n) is 2.06. The van der Waals surface area contributed by atoms with E-state index in [4.69, 9.17) is 27.2 Å². The van der Waals surface area contributed by atoms with E-state index >= 15 is 0 Å². The summed E-state index contributed by atoms with van der Waals surface area (Å²) in [6.45, 7) is 5.88. The highest BCUT2D eigenvalue weighted by atomic mass is 35.5. The zero-order valence-corrected chi connectivity index (χ0v) is 10.00. The van der Waals surface area contributed by atoms with Gasteiger partial charge in [0.1, 0.15) is 12.4 Å². The first-order valence-corrected chi connectivity index (χ1v) is 5.36. The molecule has 3 N–H and O–H groups in total. The van der Waals surface area contributed by atoms with Gasteiger partial charge in [-0.05, 0) is 24.1 Å². The molecular formula is C12H16ClNO2. The normalized spacial score (nSPS) is 12.2. The van der Waals surface area contributed by atoms with Crippen molar-refractivity contribution in [3.8, 4) is 5.75 Å². The van der Waals surface area contributed by atoms with E-state index in [1.165, 1.54) is 0 Å². The van der Waals surface area contributed by atoms with Gasteiger partial charge in [-0.2, -0.15) is 0 Å². The van der Waals surface area contributed by atoms with Gasteiger partial charge in [-0.1, -0.05) is 30.3 Å². The van der Waals surface area contributed by atoms with Crippen molar-refractivity contribution < 1.29 is 9.84 Å². The molecule has 0 heterocycles. The molecule has 4 heteroatoms. The molecule has 0 aliphatic carbocycles. The Morgan fingerprint density at radius 2 is 2.31 bits per heavy atom. The van der Waals surface area contributed by atoms with Crippen LogP contribution in [0.4, 0.5) is 0 Å². The van der Waals surface area contributed by atoms with Crippen molar-refractivity contribution in [2.75, 3.05) is 13.2 Å². The van der Waals surface area contributed by atoms with E-state index in [0.717, 1.165) is 5.57 Å². The monoisotopic (exact) mass is 241 g/mol. The maximum atomic E-state index is 8.98. The highest BCUT2D eigenvalue weighted by molar-refractivity contribution is 6.32. The summed E-state index contributed by atoms with van der Waals surface area (Å²) in [5.74, 6) is 0.561. The lowest BCUT2D eigenvalue weighted by atomic mass is 10.1. The van der Waals surface area contributed by atoms with E-state index in [9.17, 15) is 0 Å². The van der Waals surface area contributed by atoms with E-state index in [-0.39, 0.29) is 6.61 Å².